The maximum Gasteiger partial charge on any atom is 0.555 e. The van der Waals surface area contributed by atoms with E-state index in [4.69, 9.17) is 14.7 Å². The Hall–Kier alpha value is -0.650. The Balaban J connectivity index is 3.02. The van der Waals surface area contributed by atoms with Crippen LogP contribution in [0.25, 0.3) is 0 Å². The van der Waals surface area contributed by atoms with Gasteiger partial charge in [-0.05, 0) is 19.1 Å². The molecule has 0 saturated carbocycles. The highest BCUT2D eigenvalue weighted by Crippen LogP contribution is 2.65. The minimum Gasteiger partial charge on any atom is -0.309 e. The van der Waals surface area contributed by atoms with Gasteiger partial charge in [0.2, 0.25) is 4.77 Å². The van der Waals surface area contributed by atoms with Crippen molar-refractivity contribution in [1.82, 2.24) is 9.71 Å². The van der Waals surface area contributed by atoms with Gasteiger partial charge in [-0.15, -0.1) is 0 Å². The van der Waals surface area contributed by atoms with Crippen molar-refractivity contribution in [2.24, 2.45) is 0 Å². The quantitative estimate of drug-likeness (QED) is 0.317. The minimum absolute atomic E-state index is 0.00671. The van der Waals surface area contributed by atoms with E-state index in [-0.39, 0.29) is 5.56 Å². The van der Waals surface area contributed by atoms with Crippen LogP contribution in [-0.4, -0.2) is 29.3 Å². The predicted molar refractivity (Wildman–Crippen MR) is 71.1 cm³/mol. The largest absolute Gasteiger partial charge is 0.555 e. The van der Waals surface area contributed by atoms with E-state index < -0.39 is 33.8 Å². The van der Waals surface area contributed by atoms with Crippen molar-refractivity contribution in [1.29, 1.82) is 0 Å². The van der Waals surface area contributed by atoms with Crippen LogP contribution in [0.1, 0.15) is 5.56 Å². The number of aryl methyl sites for hydroxylation is 1. The summed E-state index contributed by atoms with van der Waals surface area (Å²) in [5, 5.41) is 0. The van der Waals surface area contributed by atoms with Gasteiger partial charge in [0, 0.05) is 5.56 Å². The molecule has 0 aliphatic rings. The summed E-state index contributed by atoms with van der Waals surface area (Å²) in [6.45, 7) is 1.30. The normalized spacial score (nSPS) is 17.5. The molecule has 0 amide bonds. The number of nitrogens with zero attached hydrogens (tertiary/aromatic N) is 1. The summed E-state index contributed by atoms with van der Waals surface area (Å²) in [4.78, 5) is 48.2. The number of nitrogens with one attached hydrogen (secondary N) is 1. The Morgan fingerprint density at radius 2 is 1.68 bits per heavy atom. The number of hydrogen-bond acceptors (Lipinski definition) is 8. The van der Waals surface area contributed by atoms with Gasteiger partial charge in [0.1, 0.15) is 0 Å². The molecule has 0 aromatic carbocycles. The standard InChI is InChI=1S/C5H9N2O11P3S/c1-3-2-7(5(22)6-4(3)8)16-20(12,13)18-21(14,15)17-19(9,10)11/h2H,1H3,(H,12,13)(H,14,15)(H,6,8,22)(H2,9,10,11). The highest BCUT2D eigenvalue weighted by atomic mass is 32.1. The van der Waals surface area contributed by atoms with Crippen molar-refractivity contribution < 1.29 is 46.5 Å². The molecule has 0 fully saturated rings. The van der Waals surface area contributed by atoms with Crippen LogP contribution < -0.4 is 10.2 Å². The maximum atomic E-state index is 11.5. The molecule has 0 aliphatic heterocycles. The van der Waals surface area contributed by atoms with Gasteiger partial charge in [-0.1, -0.05) is 0 Å². The predicted octanol–water partition coefficient (Wildman–Crippen LogP) is -0.0304. The molecule has 17 heteroatoms. The molecule has 13 nitrogen and oxygen atoms in total. The van der Waals surface area contributed by atoms with Gasteiger partial charge in [0.25, 0.3) is 5.56 Å². The van der Waals surface area contributed by atoms with Crippen LogP contribution in [0, 0.1) is 11.7 Å². The number of phosphoric acid groups is 3. The SMILES string of the molecule is Cc1cn(OP(=O)(O)OP(=O)(O)OP(=O)(O)O)c(=S)[nH]c1=O. The van der Waals surface area contributed by atoms with Crippen molar-refractivity contribution in [2.75, 3.05) is 0 Å². The van der Waals surface area contributed by atoms with Gasteiger partial charge in [0.05, 0.1) is 6.20 Å². The first kappa shape index (κ1) is 19.4. The molecule has 0 spiro atoms. The third kappa shape index (κ3) is 6.23. The molecule has 22 heavy (non-hydrogen) atoms. The van der Waals surface area contributed by atoms with Gasteiger partial charge >= 0.3 is 23.5 Å². The van der Waals surface area contributed by atoms with E-state index in [0.717, 1.165) is 6.20 Å². The van der Waals surface area contributed by atoms with Crippen molar-refractivity contribution in [3.05, 3.63) is 26.9 Å². The minimum atomic E-state index is -5.63. The van der Waals surface area contributed by atoms with Gasteiger partial charge in [-0.25, -0.2) is 13.7 Å². The Kier molecular flexibility index (Phi) is 5.69. The average molecular weight is 398 g/mol. The van der Waals surface area contributed by atoms with Crippen LogP contribution >= 0.6 is 35.7 Å². The van der Waals surface area contributed by atoms with Gasteiger partial charge in [0.15, 0.2) is 0 Å². The monoisotopic (exact) mass is 398 g/mol. The number of H-pyrrole nitrogens is 1. The Labute approximate surface area is 126 Å². The van der Waals surface area contributed by atoms with Crippen LogP contribution in [-0.2, 0) is 22.3 Å². The Bertz CT molecular complexity index is 822. The summed E-state index contributed by atoms with van der Waals surface area (Å²) in [7, 11) is -16.5. The lowest BCUT2D eigenvalue weighted by molar-refractivity contribution is 0.155. The van der Waals surface area contributed by atoms with Crippen LogP contribution in [0.15, 0.2) is 11.0 Å². The van der Waals surface area contributed by atoms with Crippen molar-refractivity contribution in [3.63, 3.8) is 0 Å². The van der Waals surface area contributed by atoms with E-state index >= 15 is 0 Å². The summed E-state index contributed by atoms with van der Waals surface area (Å²) in [6, 6.07) is 0. The summed E-state index contributed by atoms with van der Waals surface area (Å²) in [5.74, 6) is 0. The lowest BCUT2D eigenvalue weighted by atomic mass is 10.4. The summed E-state index contributed by atoms with van der Waals surface area (Å²) < 4.78 is 44.2. The van der Waals surface area contributed by atoms with Crippen LogP contribution in [0.3, 0.4) is 0 Å². The fourth-order valence-corrected chi connectivity index (χ4v) is 4.22. The van der Waals surface area contributed by atoms with E-state index in [1.54, 1.807) is 0 Å². The number of aromatic amines is 1. The maximum absolute atomic E-state index is 11.5. The van der Waals surface area contributed by atoms with E-state index in [1.165, 1.54) is 6.92 Å². The van der Waals surface area contributed by atoms with Crippen molar-refractivity contribution in [3.8, 4) is 0 Å². The molecule has 126 valence electrons. The molecule has 1 heterocycles. The van der Waals surface area contributed by atoms with Crippen LogP contribution in [0.2, 0.25) is 0 Å². The lowest BCUT2D eigenvalue weighted by Crippen LogP contribution is -2.19. The third-order valence-electron chi connectivity index (χ3n) is 1.70. The second-order valence-corrected chi connectivity index (χ2v) is 8.28. The third-order valence-corrected chi connectivity index (χ3v) is 5.69. The lowest BCUT2D eigenvalue weighted by Gasteiger charge is -2.17. The van der Waals surface area contributed by atoms with Crippen LogP contribution in [0.4, 0.5) is 0 Å². The second-order valence-electron chi connectivity index (χ2n) is 3.57. The molecule has 0 aliphatic carbocycles. The molecule has 5 N–H and O–H groups in total. The van der Waals surface area contributed by atoms with E-state index in [9.17, 15) is 23.4 Å². The topological polar surface area (TPSA) is 198 Å². The first-order valence-corrected chi connectivity index (χ1v) is 9.80. The fourth-order valence-electron chi connectivity index (χ4n) is 1.01. The number of rotatable bonds is 6. The Morgan fingerprint density at radius 3 is 2.18 bits per heavy atom. The van der Waals surface area contributed by atoms with E-state index in [0.29, 0.717) is 4.73 Å². The highest BCUT2D eigenvalue weighted by molar-refractivity contribution is 7.71. The van der Waals surface area contributed by atoms with Gasteiger partial charge < -0.3 is 19.3 Å². The fraction of sp³-hybridized carbons (Fsp3) is 0.200. The molecule has 0 radical (unpaired) electrons. The van der Waals surface area contributed by atoms with Gasteiger partial charge in [-0.3, -0.25) is 14.7 Å². The van der Waals surface area contributed by atoms with E-state index in [2.05, 4.69) is 30.4 Å². The zero-order chi connectivity index (χ0) is 17.3. The summed E-state index contributed by atoms with van der Waals surface area (Å²) >= 11 is 4.60. The second kappa shape index (κ2) is 6.46. The van der Waals surface area contributed by atoms with Crippen molar-refractivity contribution >= 4 is 35.7 Å². The first-order chi connectivity index (χ1) is 9.71. The first-order valence-electron chi connectivity index (χ1n) is 4.87. The molecule has 2 unspecified atom stereocenters. The molecule has 0 bridgehead atoms. The summed E-state index contributed by atoms with van der Waals surface area (Å²) in [6.07, 6.45) is 0.875. The molecular weight excluding hydrogens is 389 g/mol. The van der Waals surface area contributed by atoms with Crippen molar-refractivity contribution in [2.45, 2.75) is 6.92 Å². The van der Waals surface area contributed by atoms with E-state index in [1.807, 2.05) is 0 Å². The molecule has 1 aromatic heterocycles. The number of aromatic nitrogens is 2. The zero-order valence-electron chi connectivity index (χ0n) is 10.4. The summed E-state index contributed by atoms with van der Waals surface area (Å²) in [5.41, 5.74) is -0.608. The average Bonchev–Trinajstić information content (AvgIpc) is 2.19. The molecule has 1 aromatic rings. The Morgan fingerprint density at radius 1 is 1.14 bits per heavy atom. The smallest absolute Gasteiger partial charge is 0.309 e. The highest BCUT2D eigenvalue weighted by Gasteiger charge is 2.42. The molecule has 1 rings (SSSR count). The molecular formula is C5H9N2O11P3S. The number of hydrogen-bond donors (Lipinski definition) is 5. The molecule has 2 atom stereocenters. The zero-order valence-corrected chi connectivity index (χ0v) is 13.9. The van der Waals surface area contributed by atoms with Crippen LogP contribution in [0.5, 0.6) is 0 Å². The molecule has 0 saturated heterocycles. The van der Waals surface area contributed by atoms with Gasteiger partial charge in [-0.2, -0.15) is 13.4 Å².